The van der Waals surface area contributed by atoms with Crippen LogP contribution in [0.1, 0.15) is 53.4 Å². The summed E-state index contributed by atoms with van der Waals surface area (Å²) in [6.07, 6.45) is 4.00. The Labute approximate surface area is 82.3 Å². The molecule has 0 aromatic carbocycles. The summed E-state index contributed by atoms with van der Waals surface area (Å²) in [6, 6.07) is 0. The Balaban J connectivity index is 3.72. The predicted octanol–water partition coefficient (Wildman–Crippen LogP) is 2.74. The van der Waals surface area contributed by atoms with Crippen molar-refractivity contribution < 1.29 is 9.84 Å². The minimum atomic E-state index is -0.386. The van der Waals surface area contributed by atoms with Gasteiger partial charge in [-0.15, -0.1) is 0 Å². The van der Waals surface area contributed by atoms with E-state index in [0.717, 1.165) is 12.8 Å². The van der Waals surface area contributed by atoms with E-state index in [4.69, 9.17) is 4.74 Å². The first-order valence-electron chi connectivity index (χ1n) is 5.36. The van der Waals surface area contributed by atoms with Gasteiger partial charge in [0.05, 0.1) is 11.7 Å². The molecule has 1 atom stereocenters. The molecule has 0 saturated heterocycles. The highest BCUT2D eigenvalue weighted by Gasteiger charge is 2.27. The highest BCUT2D eigenvalue weighted by molar-refractivity contribution is 4.78. The van der Waals surface area contributed by atoms with Crippen molar-refractivity contribution in [2.75, 3.05) is 6.61 Å². The average molecular weight is 188 g/mol. The third-order valence-corrected chi connectivity index (χ3v) is 2.40. The predicted molar refractivity (Wildman–Crippen MR) is 55.9 cm³/mol. The van der Waals surface area contributed by atoms with Gasteiger partial charge in [0.1, 0.15) is 0 Å². The van der Waals surface area contributed by atoms with Gasteiger partial charge in [-0.2, -0.15) is 0 Å². The second-order valence-corrected chi connectivity index (χ2v) is 4.05. The lowest BCUT2D eigenvalue weighted by Crippen LogP contribution is -2.39. The van der Waals surface area contributed by atoms with Crippen molar-refractivity contribution in [2.45, 2.75) is 65.1 Å². The van der Waals surface area contributed by atoms with E-state index in [1.54, 1.807) is 0 Å². The molecule has 2 heteroatoms. The second kappa shape index (κ2) is 6.39. The molecule has 80 valence electrons. The van der Waals surface area contributed by atoms with Crippen molar-refractivity contribution in [3.8, 4) is 0 Å². The van der Waals surface area contributed by atoms with E-state index in [1.165, 1.54) is 12.8 Å². The first-order valence-corrected chi connectivity index (χ1v) is 5.36. The molecule has 0 spiro atoms. The standard InChI is InChI=1S/C11H24O2/c1-5-7-8-9-10(12)11(3,4)13-6-2/h10,12H,5-9H2,1-4H3. The van der Waals surface area contributed by atoms with Crippen molar-refractivity contribution in [3.63, 3.8) is 0 Å². The van der Waals surface area contributed by atoms with Crippen molar-refractivity contribution in [1.29, 1.82) is 0 Å². The van der Waals surface area contributed by atoms with E-state index in [0.29, 0.717) is 6.61 Å². The molecule has 0 aliphatic carbocycles. The Morgan fingerprint density at radius 2 is 1.85 bits per heavy atom. The maximum atomic E-state index is 9.81. The Kier molecular flexibility index (Phi) is 6.35. The average Bonchev–Trinajstić information content (AvgIpc) is 2.04. The van der Waals surface area contributed by atoms with Crippen LogP contribution in [0.25, 0.3) is 0 Å². The molecule has 0 heterocycles. The number of unbranched alkanes of at least 4 members (excludes halogenated alkanes) is 2. The van der Waals surface area contributed by atoms with Gasteiger partial charge in [-0.1, -0.05) is 26.2 Å². The minimum Gasteiger partial charge on any atom is -0.390 e. The smallest absolute Gasteiger partial charge is 0.0884 e. The molecular weight excluding hydrogens is 164 g/mol. The van der Waals surface area contributed by atoms with E-state index in [2.05, 4.69) is 6.92 Å². The topological polar surface area (TPSA) is 29.5 Å². The number of ether oxygens (including phenoxy) is 1. The quantitative estimate of drug-likeness (QED) is 0.622. The molecule has 0 aromatic heterocycles. The van der Waals surface area contributed by atoms with E-state index < -0.39 is 0 Å². The molecule has 1 unspecified atom stereocenters. The van der Waals surface area contributed by atoms with E-state index >= 15 is 0 Å². The zero-order chi connectivity index (χ0) is 10.3. The van der Waals surface area contributed by atoms with Gasteiger partial charge in [-0.25, -0.2) is 0 Å². The number of hydrogen-bond donors (Lipinski definition) is 1. The van der Waals surface area contributed by atoms with Gasteiger partial charge in [0.15, 0.2) is 0 Å². The van der Waals surface area contributed by atoms with E-state index in [9.17, 15) is 5.11 Å². The van der Waals surface area contributed by atoms with Crippen molar-refractivity contribution >= 4 is 0 Å². The van der Waals surface area contributed by atoms with E-state index in [1.807, 2.05) is 20.8 Å². The fourth-order valence-electron chi connectivity index (χ4n) is 1.40. The summed E-state index contributed by atoms with van der Waals surface area (Å²) in [5.74, 6) is 0. The van der Waals surface area contributed by atoms with Crippen LogP contribution >= 0.6 is 0 Å². The monoisotopic (exact) mass is 188 g/mol. The first kappa shape index (κ1) is 12.9. The van der Waals surface area contributed by atoms with Crippen LogP contribution in [-0.2, 0) is 4.74 Å². The lowest BCUT2D eigenvalue weighted by molar-refractivity contribution is -0.0991. The minimum absolute atomic E-state index is 0.334. The molecule has 2 nitrogen and oxygen atoms in total. The third kappa shape index (κ3) is 5.27. The Hall–Kier alpha value is -0.0800. The van der Waals surface area contributed by atoms with Gasteiger partial charge in [-0.05, 0) is 27.2 Å². The van der Waals surface area contributed by atoms with E-state index in [-0.39, 0.29) is 11.7 Å². The molecule has 0 fully saturated rings. The SMILES string of the molecule is CCCCCC(O)C(C)(C)OCC. The van der Waals surface area contributed by atoms with Crippen LogP contribution in [0.3, 0.4) is 0 Å². The van der Waals surface area contributed by atoms with Crippen LogP contribution in [0, 0.1) is 0 Å². The van der Waals surface area contributed by atoms with Crippen LogP contribution in [-0.4, -0.2) is 23.4 Å². The molecule has 0 bridgehead atoms. The Morgan fingerprint density at radius 1 is 1.23 bits per heavy atom. The van der Waals surface area contributed by atoms with Crippen LogP contribution in [0.4, 0.5) is 0 Å². The zero-order valence-corrected chi connectivity index (χ0v) is 9.47. The van der Waals surface area contributed by atoms with Gasteiger partial charge < -0.3 is 9.84 Å². The molecule has 13 heavy (non-hydrogen) atoms. The summed E-state index contributed by atoms with van der Waals surface area (Å²) in [5, 5.41) is 9.81. The maximum Gasteiger partial charge on any atom is 0.0884 e. The molecule has 0 rings (SSSR count). The largest absolute Gasteiger partial charge is 0.390 e. The second-order valence-electron chi connectivity index (χ2n) is 4.05. The van der Waals surface area contributed by atoms with Gasteiger partial charge in [0.25, 0.3) is 0 Å². The fourth-order valence-corrected chi connectivity index (χ4v) is 1.40. The molecule has 0 aromatic rings. The van der Waals surface area contributed by atoms with Crippen molar-refractivity contribution in [3.05, 3.63) is 0 Å². The summed E-state index contributed by atoms with van der Waals surface area (Å²) < 4.78 is 5.47. The molecule has 0 aliphatic heterocycles. The zero-order valence-electron chi connectivity index (χ0n) is 9.47. The fraction of sp³-hybridized carbons (Fsp3) is 1.00. The lowest BCUT2D eigenvalue weighted by Gasteiger charge is -2.30. The molecule has 1 N–H and O–H groups in total. The maximum absolute atomic E-state index is 9.81. The summed E-state index contributed by atoms with van der Waals surface area (Å²) in [5.41, 5.74) is -0.386. The first-order chi connectivity index (χ1) is 6.04. The van der Waals surface area contributed by atoms with Crippen molar-refractivity contribution in [1.82, 2.24) is 0 Å². The number of hydrogen-bond acceptors (Lipinski definition) is 2. The third-order valence-electron chi connectivity index (χ3n) is 2.40. The highest BCUT2D eigenvalue weighted by atomic mass is 16.5. The number of rotatable bonds is 7. The van der Waals surface area contributed by atoms with Crippen LogP contribution in [0.15, 0.2) is 0 Å². The summed E-state index contributed by atoms with van der Waals surface area (Å²) >= 11 is 0. The lowest BCUT2D eigenvalue weighted by atomic mass is 9.96. The normalized spacial score (nSPS) is 14.5. The van der Waals surface area contributed by atoms with Gasteiger partial charge in [-0.3, -0.25) is 0 Å². The van der Waals surface area contributed by atoms with Gasteiger partial charge in [0, 0.05) is 6.61 Å². The Morgan fingerprint density at radius 3 is 2.31 bits per heavy atom. The Bertz CT molecular complexity index is 121. The van der Waals surface area contributed by atoms with Crippen LogP contribution in [0.5, 0.6) is 0 Å². The van der Waals surface area contributed by atoms with Gasteiger partial charge in [0.2, 0.25) is 0 Å². The van der Waals surface area contributed by atoms with Gasteiger partial charge >= 0.3 is 0 Å². The summed E-state index contributed by atoms with van der Waals surface area (Å²) in [4.78, 5) is 0. The molecule has 0 aliphatic rings. The molecule has 0 saturated carbocycles. The van der Waals surface area contributed by atoms with Crippen LogP contribution < -0.4 is 0 Å². The van der Waals surface area contributed by atoms with Crippen molar-refractivity contribution in [2.24, 2.45) is 0 Å². The summed E-state index contributed by atoms with van der Waals surface area (Å²) in [7, 11) is 0. The number of aliphatic hydroxyl groups excluding tert-OH is 1. The highest BCUT2D eigenvalue weighted by Crippen LogP contribution is 2.19. The van der Waals surface area contributed by atoms with Crippen LogP contribution in [0.2, 0.25) is 0 Å². The molecular formula is C11H24O2. The number of aliphatic hydroxyl groups is 1. The molecule has 0 radical (unpaired) electrons. The summed E-state index contributed by atoms with van der Waals surface area (Å²) in [6.45, 7) is 8.69. The molecule has 0 amide bonds.